The molecule has 0 aliphatic heterocycles. The first-order valence-corrected chi connectivity index (χ1v) is 15.5. The highest BCUT2D eigenvalue weighted by molar-refractivity contribution is 5.87. The van der Waals surface area contributed by atoms with Crippen molar-refractivity contribution in [1.82, 2.24) is 9.88 Å². The fourth-order valence-corrected chi connectivity index (χ4v) is 5.59. The highest BCUT2D eigenvalue weighted by atomic mass is 16.5. The Bertz CT molecular complexity index is 1810. The molecule has 1 amide bonds. The van der Waals surface area contributed by atoms with Crippen LogP contribution in [0.5, 0.6) is 0 Å². The van der Waals surface area contributed by atoms with E-state index in [0.29, 0.717) is 12.0 Å². The minimum atomic E-state index is -0.965. The fraction of sp³-hybridized carbons (Fsp3) is 0.175. The van der Waals surface area contributed by atoms with Crippen molar-refractivity contribution in [1.29, 1.82) is 5.26 Å². The summed E-state index contributed by atoms with van der Waals surface area (Å²) in [5.41, 5.74) is 6.23. The van der Waals surface area contributed by atoms with E-state index in [0.717, 1.165) is 33.4 Å². The summed E-state index contributed by atoms with van der Waals surface area (Å²) in [6, 6.07) is 37.0. The third-order valence-corrected chi connectivity index (χ3v) is 8.09. The van der Waals surface area contributed by atoms with E-state index in [4.69, 9.17) is 10.00 Å². The molecule has 5 aromatic rings. The van der Waals surface area contributed by atoms with Crippen LogP contribution >= 0.6 is 0 Å². The molecule has 2 unspecified atom stereocenters. The van der Waals surface area contributed by atoms with E-state index in [2.05, 4.69) is 18.0 Å². The molecule has 7 heteroatoms. The molecule has 236 valence electrons. The van der Waals surface area contributed by atoms with E-state index < -0.39 is 29.9 Å². The molecular formula is C40H37N3O4. The third kappa shape index (κ3) is 8.51. The van der Waals surface area contributed by atoms with Crippen molar-refractivity contribution in [3.8, 4) is 28.3 Å². The van der Waals surface area contributed by atoms with Crippen molar-refractivity contribution in [3.63, 3.8) is 0 Å². The Hall–Kier alpha value is -5.71. The zero-order chi connectivity index (χ0) is 33.0. The summed E-state index contributed by atoms with van der Waals surface area (Å²) in [6.45, 7) is 3.68. The molecule has 7 nitrogen and oxygen atoms in total. The normalized spacial score (nSPS) is 12.7. The number of nitrogens with zero attached hydrogens (tertiary/aromatic N) is 2. The molecule has 0 aliphatic carbocycles. The van der Waals surface area contributed by atoms with Crippen LogP contribution in [0.25, 0.3) is 22.3 Å². The standard InChI is InChI=1S/C40H37N3O4/c1-2-9-37(40(46)47-28-31-12-7-4-8-13-31)38(39(45)42-36(27-44)24-29-10-5-3-6-11-29)43-23-22-35(26-43)34-20-18-33(19-21-34)32-16-14-30(25-41)15-17-32/h2-8,10-23,26,36-38,44H,1,9,24,27-28H2,(H,42,45)/t36?,37?,38-/m1/s1. The number of aromatic nitrogens is 1. The first kappa shape index (κ1) is 32.7. The number of rotatable bonds is 14. The van der Waals surface area contributed by atoms with Gasteiger partial charge >= 0.3 is 5.97 Å². The zero-order valence-corrected chi connectivity index (χ0v) is 26.0. The average molecular weight is 624 g/mol. The monoisotopic (exact) mass is 623 g/mol. The van der Waals surface area contributed by atoms with Gasteiger partial charge in [0.25, 0.3) is 0 Å². The molecule has 5 rings (SSSR count). The summed E-state index contributed by atoms with van der Waals surface area (Å²) in [7, 11) is 0. The van der Waals surface area contributed by atoms with Gasteiger partial charge in [-0.2, -0.15) is 5.26 Å². The Morgan fingerprint density at radius 2 is 1.40 bits per heavy atom. The van der Waals surface area contributed by atoms with Crippen LogP contribution in [-0.4, -0.2) is 34.2 Å². The minimum absolute atomic E-state index is 0.0808. The van der Waals surface area contributed by atoms with Gasteiger partial charge in [0.15, 0.2) is 0 Å². The molecule has 47 heavy (non-hydrogen) atoms. The molecule has 0 bridgehead atoms. The van der Waals surface area contributed by atoms with E-state index in [1.807, 2.05) is 109 Å². The smallest absolute Gasteiger partial charge is 0.312 e. The Balaban J connectivity index is 1.42. The number of carbonyl (C=O) groups is 2. The van der Waals surface area contributed by atoms with Gasteiger partial charge in [0.05, 0.1) is 30.2 Å². The molecule has 2 N–H and O–H groups in total. The molecule has 0 spiro atoms. The van der Waals surface area contributed by atoms with Crippen LogP contribution in [0, 0.1) is 17.2 Å². The number of nitrogens with one attached hydrogen (secondary N) is 1. The van der Waals surface area contributed by atoms with Crippen molar-refractivity contribution in [2.45, 2.75) is 31.5 Å². The highest BCUT2D eigenvalue weighted by Crippen LogP contribution is 2.30. The first-order valence-electron chi connectivity index (χ1n) is 15.5. The summed E-state index contributed by atoms with van der Waals surface area (Å²) in [5.74, 6) is -1.78. The number of amides is 1. The second-order valence-corrected chi connectivity index (χ2v) is 11.4. The lowest BCUT2D eigenvalue weighted by Crippen LogP contribution is -2.46. The van der Waals surface area contributed by atoms with Gasteiger partial charge < -0.3 is 19.7 Å². The Labute approximate surface area is 275 Å². The molecule has 1 heterocycles. The molecular weight excluding hydrogens is 586 g/mol. The zero-order valence-electron chi connectivity index (χ0n) is 26.0. The number of esters is 1. The summed E-state index contributed by atoms with van der Waals surface area (Å²) >= 11 is 0. The van der Waals surface area contributed by atoms with Gasteiger partial charge in [-0.15, -0.1) is 6.58 Å². The minimum Gasteiger partial charge on any atom is -0.461 e. The van der Waals surface area contributed by atoms with E-state index >= 15 is 0 Å². The number of hydrogen-bond acceptors (Lipinski definition) is 5. The maximum atomic E-state index is 14.1. The van der Waals surface area contributed by atoms with Crippen LogP contribution in [0.3, 0.4) is 0 Å². The summed E-state index contributed by atoms with van der Waals surface area (Å²) in [4.78, 5) is 27.7. The molecule has 0 saturated heterocycles. The molecule has 0 saturated carbocycles. The van der Waals surface area contributed by atoms with Crippen LogP contribution in [0.2, 0.25) is 0 Å². The lowest BCUT2D eigenvalue weighted by atomic mass is 9.94. The Kier molecular flexibility index (Phi) is 11.1. The van der Waals surface area contributed by atoms with Crippen molar-refractivity contribution in [2.24, 2.45) is 5.92 Å². The second kappa shape index (κ2) is 16.0. The summed E-state index contributed by atoms with van der Waals surface area (Å²) < 4.78 is 7.48. The van der Waals surface area contributed by atoms with Crippen molar-refractivity contribution in [3.05, 3.63) is 157 Å². The molecule has 3 atom stereocenters. The molecule has 0 fully saturated rings. The van der Waals surface area contributed by atoms with E-state index in [9.17, 15) is 14.7 Å². The molecule has 4 aromatic carbocycles. The second-order valence-electron chi connectivity index (χ2n) is 11.4. The van der Waals surface area contributed by atoms with E-state index in [1.165, 1.54) is 0 Å². The van der Waals surface area contributed by atoms with Crippen LogP contribution in [-0.2, 0) is 27.4 Å². The van der Waals surface area contributed by atoms with E-state index in [1.54, 1.807) is 29.0 Å². The number of allylic oxidation sites excluding steroid dienone is 1. The largest absolute Gasteiger partial charge is 0.461 e. The molecule has 0 radical (unpaired) electrons. The first-order chi connectivity index (χ1) is 23.0. The van der Waals surface area contributed by atoms with Gasteiger partial charge in [0, 0.05) is 12.4 Å². The van der Waals surface area contributed by atoms with Crippen LogP contribution in [0.15, 0.2) is 140 Å². The highest BCUT2D eigenvalue weighted by Gasteiger charge is 2.36. The van der Waals surface area contributed by atoms with Crippen molar-refractivity contribution >= 4 is 11.9 Å². The third-order valence-electron chi connectivity index (χ3n) is 8.09. The van der Waals surface area contributed by atoms with Crippen LogP contribution in [0.1, 0.15) is 29.2 Å². The van der Waals surface area contributed by atoms with Gasteiger partial charge in [-0.3, -0.25) is 9.59 Å². The summed E-state index contributed by atoms with van der Waals surface area (Å²) in [6.07, 6.45) is 5.91. The van der Waals surface area contributed by atoms with Gasteiger partial charge in [-0.25, -0.2) is 0 Å². The number of benzene rings is 4. The average Bonchev–Trinajstić information content (AvgIpc) is 3.61. The fourth-order valence-electron chi connectivity index (χ4n) is 5.59. The van der Waals surface area contributed by atoms with Gasteiger partial charge in [0.1, 0.15) is 12.6 Å². The van der Waals surface area contributed by atoms with Crippen molar-refractivity contribution in [2.75, 3.05) is 6.61 Å². The summed E-state index contributed by atoms with van der Waals surface area (Å²) in [5, 5.41) is 22.3. The van der Waals surface area contributed by atoms with Gasteiger partial charge in [-0.05, 0) is 64.4 Å². The maximum Gasteiger partial charge on any atom is 0.312 e. The quantitative estimate of drug-likeness (QED) is 0.104. The maximum absolute atomic E-state index is 14.1. The number of hydrogen-bond donors (Lipinski definition) is 2. The lowest BCUT2D eigenvalue weighted by molar-refractivity contribution is -0.154. The number of ether oxygens (including phenoxy) is 1. The van der Waals surface area contributed by atoms with Gasteiger partial charge in [-0.1, -0.05) is 103 Å². The van der Waals surface area contributed by atoms with E-state index in [-0.39, 0.29) is 19.6 Å². The predicted octanol–water partition coefficient (Wildman–Crippen LogP) is 6.89. The molecule has 0 aliphatic rings. The van der Waals surface area contributed by atoms with Crippen molar-refractivity contribution < 1.29 is 19.4 Å². The number of carbonyl (C=O) groups excluding carboxylic acids is 2. The Morgan fingerprint density at radius 3 is 1.98 bits per heavy atom. The number of nitriles is 1. The number of aliphatic hydroxyl groups excluding tert-OH is 1. The van der Waals surface area contributed by atoms with Crippen LogP contribution in [0.4, 0.5) is 0 Å². The topological polar surface area (TPSA) is 104 Å². The predicted molar refractivity (Wildman–Crippen MR) is 183 cm³/mol. The number of aliphatic hydroxyl groups is 1. The van der Waals surface area contributed by atoms with Crippen LogP contribution < -0.4 is 5.32 Å². The Morgan fingerprint density at radius 1 is 0.830 bits per heavy atom. The molecule has 1 aromatic heterocycles. The lowest BCUT2D eigenvalue weighted by Gasteiger charge is -2.28. The van der Waals surface area contributed by atoms with Gasteiger partial charge in [0.2, 0.25) is 5.91 Å². The SMILES string of the molecule is C=CCC(C(=O)OCc1ccccc1)[C@H](C(=O)NC(CO)Cc1ccccc1)n1ccc(-c2ccc(-c3ccc(C#N)cc3)cc2)c1.